The third kappa shape index (κ3) is 2.15. The molecule has 0 aliphatic carbocycles. The second kappa shape index (κ2) is 4.21. The Balaban J connectivity index is 2.24. The quantitative estimate of drug-likeness (QED) is 0.612. The molecule has 1 fully saturated rings. The monoisotopic (exact) mass is 161 g/mol. The second-order valence-electron chi connectivity index (χ2n) is 2.80. The molecule has 1 aliphatic rings. The van der Waals surface area contributed by atoms with E-state index >= 15 is 0 Å². The van der Waals surface area contributed by atoms with Gasteiger partial charge in [-0.2, -0.15) is 11.8 Å². The maximum absolute atomic E-state index is 8.84. The van der Waals surface area contributed by atoms with Gasteiger partial charge >= 0.3 is 0 Å². The highest BCUT2D eigenvalue weighted by Gasteiger charge is 2.18. The smallest absolute Gasteiger partial charge is 0.0471 e. The van der Waals surface area contributed by atoms with Gasteiger partial charge in [-0.15, -0.1) is 0 Å². The van der Waals surface area contributed by atoms with Crippen molar-refractivity contribution in [2.75, 3.05) is 24.7 Å². The third-order valence-corrected chi connectivity index (χ3v) is 3.01. The molecular formula is C7H15NOS. The van der Waals surface area contributed by atoms with Gasteiger partial charge in [0.05, 0.1) is 0 Å². The number of thioether (sulfide) groups is 1. The number of aliphatic hydroxyl groups is 1. The summed E-state index contributed by atoms with van der Waals surface area (Å²) in [5.41, 5.74) is 0. The number of rotatable bonds is 2. The lowest BCUT2D eigenvalue weighted by Crippen LogP contribution is -2.43. The van der Waals surface area contributed by atoms with Crippen LogP contribution in [0.15, 0.2) is 0 Å². The first-order valence-corrected chi connectivity index (χ1v) is 4.92. The lowest BCUT2D eigenvalue weighted by molar-refractivity contribution is 0.209. The Morgan fingerprint density at radius 1 is 1.80 bits per heavy atom. The van der Waals surface area contributed by atoms with E-state index in [2.05, 4.69) is 12.2 Å². The van der Waals surface area contributed by atoms with E-state index in [4.69, 9.17) is 5.11 Å². The van der Waals surface area contributed by atoms with Crippen molar-refractivity contribution in [1.29, 1.82) is 0 Å². The zero-order valence-electron chi connectivity index (χ0n) is 6.34. The molecular weight excluding hydrogens is 146 g/mol. The van der Waals surface area contributed by atoms with Gasteiger partial charge in [0.1, 0.15) is 0 Å². The molecule has 2 atom stereocenters. The maximum atomic E-state index is 8.84. The zero-order valence-corrected chi connectivity index (χ0v) is 7.16. The molecule has 0 saturated carbocycles. The highest BCUT2D eigenvalue weighted by molar-refractivity contribution is 7.99. The Labute approximate surface area is 66.4 Å². The van der Waals surface area contributed by atoms with Crippen molar-refractivity contribution in [3.05, 3.63) is 0 Å². The Kier molecular flexibility index (Phi) is 3.52. The van der Waals surface area contributed by atoms with Crippen LogP contribution in [-0.4, -0.2) is 35.8 Å². The summed E-state index contributed by atoms with van der Waals surface area (Å²) in [4.78, 5) is 0. The molecule has 0 spiro atoms. The highest BCUT2D eigenvalue weighted by Crippen LogP contribution is 2.13. The van der Waals surface area contributed by atoms with E-state index < -0.39 is 0 Å². The summed E-state index contributed by atoms with van der Waals surface area (Å²) < 4.78 is 0. The molecule has 1 heterocycles. The number of hydrogen-bond acceptors (Lipinski definition) is 3. The van der Waals surface area contributed by atoms with Crippen LogP contribution in [0.25, 0.3) is 0 Å². The minimum Gasteiger partial charge on any atom is -0.396 e. The van der Waals surface area contributed by atoms with Crippen LogP contribution in [-0.2, 0) is 0 Å². The van der Waals surface area contributed by atoms with E-state index in [0.717, 1.165) is 12.3 Å². The summed E-state index contributed by atoms with van der Waals surface area (Å²) in [7, 11) is 0. The number of hydrogen-bond donors (Lipinski definition) is 2. The molecule has 0 amide bonds. The van der Waals surface area contributed by atoms with Crippen LogP contribution in [0.3, 0.4) is 0 Å². The predicted octanol–water partition coefficient (Wildman–Crippen LogP) is 0.320. The summed E-state index contributed by atoms with van der Waals surface area (Å²) in [6.45, 7) is 3.49. The predicted molar refractivity (Wildman–Crippen MR) is 45.4 cm³/mol. The molecule has 3 heteroatoms. The maximum Gasteiger partial charge on any atom is 0.0471 e. The first-order chi connectivity index (χ1) is 4.84. The van der Waals surface area contributed by atoms with Crippen LogP contribution in [0.2, 0.25) is 0 Å². The summed E-state index contributed by atoms with van der Waals surface area (Å²) >= 11 is 1.97. The molecule has 1 aliphatic heterocycles. The number of aliphatic hydroxyl groups excluding tert-OH is 1. The molecule has 1 saturated heterocycles. The standard InChI is InChI=1S/C7H15NOS/c1-6(4-9)7-5-10-3-2-8-7/h6-9H,2-5H2,1H3. The van der Waals surface area contributed by atoms with E-state index in [-0.39, 0.29) is 0 Å². The van der Waals surface area contributed by atoms with Gasteiger partial charge in [0, 0.05) is 30.7 Å². The van der Waals surface area contributed by atoms with Crippen molar-refractivity contribution < 1.29 is 5.11 Å². The average Bonchev–Trinajstić information content (AvgIpc) is 2.05. The molecule has 0 bridgehead atoms. The fourth-order valence-electron chi connectivity index (χ4n) is 1.08. The first kappa shape index (κ1) is 8.37. The molecule has 0 aromatic carbocycles. The summed E-state index contributed by atoms with van der Waals surface area (Å²) in [5.74, 6) is 2.78. The van der Waals surface area contributed by atoms with Crippen molar-refractivity contribution in [2.45, 2.75) is 13.0 Å². The normalized spacial score (nSPS) is 30.0. The molecule has 0 aromatic heterocycles. The van der Waals surface area contributed by atoms with Crippen LogP contribution in [0.4, 0.5) is 0 Å². The highest BCUT2D eigenvalue weighted by atomic mass is 32.2. The third-order valence-electron chi connectivity index (χ3n) is 1.93. The Hall–Kier alpha value is 0.270. The SMILES string of the molecule is CC(CO)C1CSCCN1. The lowest BCUT2D eigenvalue weighted by Gasteiger charge is -2.27. The largest absolute Gasteiger partial charge is 0.396 e. The minimum atomic E-state index is 0.304. The van der Waals surface area contributed by atoms with Crippen molar-refractivity contribution >= 4 is 11.8 Å². The van der Waals surface area contributed by atoms with Gasteiger partial charge < -0.3 is 10.4 Å². The molecule has 2 N–H and O–H groups in total. The first-order valence-electron chi connectivity index (χ1n) is 3.76. The van der Waals surface area contributed by atoms with E-state index in [0.29, 0.717) is 18.6 Å². The van der Waals surface area contributed by atoms with Crippen molar-refractivity contribution in [1.82, 2.24) is 5.32 Å². The van der Waals surface area contributed by atoms with E-state index in [1.54, 1.807) is 0 Å². The number of nitrogens with one attached hydrogen (secondary N) is 1. The summed E-state index contributed by atoms with van der Waals surface area (Å²) in [6, 6.07) is 0.531. The molecule has 2 unspecified atom stereocenters. The summed E-state index contributed by atoms with van der Waals surface area (Å²) in [5, 5.41) is 12.2. The van der Waals surface area contributed by atoms with Gasteiger partial charge in [-0.25, -0.2) is 0 Å². The van der Waals surface area contributed by atoms with E-state index in [1.807, 2.05) is 11.8 Å². The fraction of sp³-hybridized carbons (Fsp3) is 1.00. The molecule has 1 rings (SSSR count). The molecule has 60 valence electrons. The van der Waals surface area contributed by atoms with Gasteiger partial charge in [0.2, 0.25) is 0 Å². The Morgan fingerprint density at radius 3 is 3.10 bits per heavy atom. The van der Waals surface area contributed by atoms with Gasteiger partial charge in [0.15, 0.2) is 0 Å². The minimum absolute atomic E-state index is 0.304. The van der Waals surface area contributed by atoms with E-state index in [1.165, 1.54) is 5.75 Å². The van der Waals surface area contributed by atoms with Crippen molar-refractivity contribution in [3.63, 3.8) is 0 Å². The second-order valence-corrected chi connectivity index (χ2v) is 3.95. The van der Waals surface area contributed by atoms with Crippen LogP contribution < -0.4 is 5.32 Å². The van der Waals surface area contributed by atoms with Crippen molar-refractivity contribution in [3.8, 4) is 0 Å². The van der Waals surface area contributed by atoms with Crippen LogP contribution >= 0.6 is 11.8 Å². The molecule has 0 aromatic rings. The molecule has 10 heavy (non-hydrogen) atoms. The van der Waals surface area contributed by atoms with Gasteiger partial charge in [0.25, 0.3) is 0 Å². The average molecular weight is 161 g/mol. The zero-order chi connectivity index (χ0) is 7.40. The summed E-state index contributed by atoms with van der Waals surface area (Å²) in [6.07, 6.45) is 0. The van der Waals surface area contributed by atoms with Crippen LogP contribution in [0.1, 0.15) is 6.92 Å². The molecule has 0 radical (unpaired) electrons. The topological polar surface area (TPSA) is 32.3 Å². The fourth-order valence-corrected chi connectivity index (χ4v) is 2.21. The lowest BCUT2D eigenvalue weighted by atomic mass is 10.1. The van der Waals surface area contributed by atoms with Crippen molar-refractivity contribution in [2.24, 2.45) is 5.92 Å². The van der Waals surface area contributed by atoms with Crippen LogP contribution in [0.5, 0.6) is 0 Å². The van der Waals surface area contributed by atoms with E-state index in [9.17, 15) is 0 Å². The van der Waals surface area contributed by atoms with Gasteiger partial charge in [-0.05, 0) is 5.92 Å². The Morgan fingerprint density at radius 2 is 2.60 bits per heavy atom. The van der Waals surface area contributed by atoms with Gasteiger partial charge in [-0.3, -0.25) is 0 Å². The molecule has 2 nitrogen and oxygen atoms in total. The van der Waals surface area contributed by atoms with Crippen LogP contribution in [0, 0.1) is 5.92 Å². The Bertz CT molecular complexity index is 93.6. The van der Waals surface area contributed by atoms with Gasteiger partial charge in [-0.1, -0.05) is 6.92 Å².